The fourth-order valence-electron chi connectivity index (χ4n) is 3.72. The van der Waals surface area contributed by atoms with E-state index in [1.165, 1.54) is 24.3 Å². The minimum atomic E-state index is -3.68. The lowest BCUT2D eigenvalue weighted by molar-refractivity contribution is -0.123. The third-order valence-electron chi connectivity index (χ3n) is 5.73. The van der Waals surface area contributed by atoms with E-state index >= 15 is 0 Å². The van der Waals surface area contributed by atoms with Crippen LogP contribution in [-0.2, 0) is 26.0 Å². The Morgan fingerprint density at radius 3 is 2.42 bits per heavy atom. The van der Waals surface area contributed by atoms with Crippen molar-refractivity contribution in [2.24, 2.45) is 0 Å². The summed E-state index contributed by atoms with van der Waals surface area (Å²) in [6.45, 7) is 4.96. The Bertz CT molecular complexity index is 1070. The molecule has 0 spiro atoms. The Hall–Kier alpha value is -2.86. The van der Waals surface area contributed by atoms with Gasteiger partial charge in [0.05, 0.1) is 32.3 Å². The molecule has 1 amide bonds. The normalized spacial score (nSPS) is 14.3. The molecule has 0 atom stereocenters. The first-order valence-corrected chi connectivity index (χ1v) is 13.4. The molecule has 11 heteroatoms. The van der Waals surface area contributed by atoms with E-state index in [0.29, 0.717) is 30.2 Å². The first-order valence-electron chi connectivity index (χ1n) is 11.9. The van der Waals surface area contributed by atoms with E-state index in [0.717, 1.165) is 44.8 Å². The highest BCUT2D eigenvalue weighted by Gasteiger charge is 2.14. The Labute approximate surface area is 212 Å². The highest BCUT2D eigenvalue weighted by molar-refractivity contribution is 7.89. The maximum Gasteiger partial charge on any atom is 0.257 e. The zero-order valence-electron chi connectivity index (χ0n) is 20.8. The molecule has 2 aromatic rings. The molecule has 2 N–H and O–H groups in total. The van der Waals surface area contributed by atoms with Crippen LogP contribution < -0.4 is 24.2 Å². The van der Waals surface area contributed by atoms with Crippen molar-refractivity contribution >= 4 is 15.9 Å². The number of amides is 1. The van der Waals surface area contributed by atoms with Crippen LogP contribution in [0.15, 0.2) is 47.4 Å². The van der Waals surface area contributed by atoms with Gasteiger partial charge in [-0.25, -0.2) is 13.1 Å². The number of carbonyl (C=O) groups is 1. The molecule has 2 aromatic carbocycles. The first kappa shape index (κ1) is 27.7. The van der Waals surface area contributed by atoms with Crippen LogP contribution in [0, 0.1) is 0 Å². The Balaban J connectivity index is 1.38. The Morgan fingerprint density at radius 1 is 1.00 bits per heavy atom. The molecule has 10 nitrogen and oxygen atoms in total. The number of nitrogens with one attached hydrogen (secondary N) is 2. The molecule has 1 fully saturated rings. The first-order chi connectivity index (χ1) is 17.4. The molecule has 0 unspecified atom stereocenters. The van der Waals surface area contributed by atoms with E-state index in [4.69, 9.17) is 18.9 Å². The number of methoxy groups -OCH3 is 2. The molecule has 1 aliphatic heterocycles. The van der Waals surface area contributed by atoms with E-state index < -0.39 is 10.0 Å². The van der Waals surface area contributed by atoms with Gasteiger partial charge in [0, 0.05) is 26.2 Å². The second-order valence-electron chi connectivity index (χ2n) is 8.25. The van der Waals surface area contributed by atoms with Crippen molar-refractivity contribution in [3.05, 3.63) is 48.0 Å². The number of ether oxygens (including phenoxy) is 4. The zero-order chi connectivity index (χ0) is 25.8. The summed E-state index contributed by atoms with van der Waals surface area (Å²) in [4.78, 5) is 14.4. The van der Waals surface area contributed by atoms with Crippen molar-refractivity contribution in [2.45, 2.75) is 17.7 Å². The summed E-state index contributed by atoms with van der Waals surface area (Å²) in [7, 11) is -0.569. The molecule has 36 heavy (non-hydrogen) atoms. The Kier molecular flexibility index (Phi) is 10.8. The fourth-order valence-corrected chi connectivity index (χ4v) is 4.75. The van der Waals surface area contributed by atoms with Gasteiger partial charge in [-0.15, -0.1) is 0 Å². The van der Waals surface area contributed by atoms with Crippen LogP contribution in [0.3, 0.4) is 0 Å². The number of rotatable bonds is 14. The summed E-state index contributed by atoms with van der Waals surface area (Å²) in [5, 5.41) is 2.84. The van der Waals surface area contributed by atoms with Crippen molar-refractivity contribution in [2.75, 3.05) is 66.8 Å². The van der Waals surface area contributed by atoms with Crippen molar-refractivity contribution in [3.8, 4) is 17.2 Å². The molecule has 0 aliphatic carbocycles. The molecule has 0 radical (unpaired) electrons. The van der Waals surface area contributed by atoms with Gasteiger partial charge in [0.15, 0.2) is 18.1 Å². The maximum atomic E-state index is 12.6. The zero-order valence-corrected chi connectivity index (χ0v) is 21.6. The number of benzene rings is 2. The van der Waals surface area contributed by atoms with E-state index in [1.807, 2.05) is 12.1 Å². The van der Waals surface area contributed by atoms with Gasteiger partial charge < -0.3 is 24.3 Å². The molecule has 3 rings (SSSR count). The highest BCUT2D eigenvalue weighted by atomic mass is 32.2. The number of hydrogen-bond acceptors (Lipinski definition) is 8. The topological polar surface area (TPSA) is 115 Å². The number of nitrogens with zero attached hydrogens (tertiary/aromatic N) is 1. The van der Waals surface area contributed by atoms with E-state index in [9.17, 15) is 13.2 Å². The number of carbonyl (C=O) groups excluding carboxylic acids is 1. The van der Waals surface area contributed by atoms with Crippen molar-refractivity contribution in [3.63, 3.8) is 0 Å². The van der Waals surface area contributed by atoms with Gasteiger partial charge in [-0.3, -0.25) is 9.69 Å². The molecule has 198 valence electrons. The lowest BCUT2D eigenvalue weighted by Crippen LogP contribution is -2.38. The molecule has 0 aromatic heterocycles. The molecular formula is C25H35N3O7S. The number of hydrogen-bond donors (Lipinski definition) is 2. The fraction of sp³-hybridized carbons (Fsp3) is 0.480. The third kappa shape index (κ3) is 8.66. The van der Waals surface area contributed by atoms with E-state index in [2.05, 4.69) is 14.9 Å². The predicted molar refractivity (Wildman–Crippen MR) is 135 cm³/mol. The van der Waals surface area contributed by atoms with Gasteiger partial charge in [0.2, 0.25) is 10.0 Å². The average molecular weight is 522 g/mol. The van der Waals surface area contributed by atoms with Gasteiger partial charge >= 0.3 is 0 Å². The number of morpholine rings is 1. The summed E-state index contributed by atoms with van der Waals surface area (Å²) in [5.74, 6) is 1.41. The molecule has 1 heterocycles. The van der Waals surface area contributed by atoms with Gasteiger partial charge in [-0.05, 0) is 61.3 Å². The second-order valence-corrected chi connectivity index (χ2v) is 10.0. The van der Waals surface area contributed by atoms with Crippen molar-refractivity contribution < 1.29 is 32.2 Å². The minimum absolute atomic E-state index is 0.120. The molecule has 1 saturated heterocycles. The van der Waals surface area contributed by atoms with Crippen LogP contribution in [0.2, 0.25) is 0 Å². The van der Waals surface area contributed by atoms with Gasteiger partial charge in [-0.1, -0.05) is 6.07 Å². The van der Waals surface area contributed by atoms with E-state index in [-0.39, 0.29) is 24.0 Å². The predicted octanol–water partition coefficient (Wildman–Crippen LogP) is 1.44. The van der Waals surface area contributed by atoms with Crippen LogP contribution in [0.4, 0.5) is 0 Å². The SMILES string of the molecule is COc1ccc(CCNS(=O)(=O)c2ccc(OCC(=O)NCCCN3CCOCC3)cc2)cc1OC. The largest absolute Gasteiger partial charge is 0.493 e. The maximum absolute atomic E-state index is 12.6. The van der Waals surface area contributed by atoms with Crippen molar-refractivity contribution in [1.82, 2.24) is 14.9 Å². The number of sulfonamides is 1. The molecule has 0 bridgehead atoms. The smallest absolute Gasteiger partial charge is 0.257 e. The van der Waals surface area contributed by atoms with Crippen molar-refractivity contribution in [1.29, 1.82) is 0 Å². The monoisotopic (exact) mass is 521 g/mol. The van der Waals surface area contributed by atoms with Crippen LogP contribution in [0.1, 0.15) is 12.0 Å². The summed E-state index contributed by atoms with van der Waals surface area (Å²) >= 11 is 0. The van der Waals surface area contributed by atoms with Crippen LogP contribution in [0.5, 0.6) is 17.2 Å². The average Bonchev–Trinajstić information content (AvgIpc) is 2.90. The molecule has 1 aliphatic rings. The summed E-state index contributed by atoms with van der Waals surface area (Å²) in [6.07, 6.45) is 1.35. The lowest BCUT2D eigenvalue weighted by atomic mass is 10.1. The van der Waals surface area contributed by atoms with Crippen LogP contribution in [0.25, 0.3) is 0 Å². The molecule has 0 saturated carbocycles. The second kappa shape index (κ2) is 14.0. The quantitative estimate of drug-likeness (QED) is 0.359. The highest BCUT2D eigenvalue weighted by Crippen LogP contribution is 2.27. The summed E-state index contributed by atoms with van der Waals surface area (Å²) in [6, 6.07) is 11.4. The van der Waals surface area contributed by atoms with Gasteiger partial charge in [0.25, 0.3) is 5.91 Å². The summed E-state index contributed by atoms with van der Waals surface area (Å²) in [5.41, 5.74) is 0.915. The van der Waals surface area contributed by atoms with Crippen LogP contribution in [-0.4, -0.2) is 86.0 Å². The van der Waals surface area contributed by atoms with E-state index in [1.54, 1.807) is 20.3 Å². The minimum Gasteiger partial charge on any atom is -0.493 e. The third-order valence-corrected chi connectivity index (χ3v) is 7.21. The lowest BCUT2D eigenvalue weighted by Gasteiger charge is -2.26. The summed E-state index contributed by atoms with van der Waals surface area (Å²) < 4.78 is 49.1. The Morgan fingerprint density at radius 2 is 1.72 bits per heavy atom. The van der Waals surface area contributed by atoms with Crippen LogP contribution >= 0.6 is 0 Å². The standard InChI is InChI=1S/C25H35N3O7S/c1-32-23-9-4-20(18-24(23)33-2)10-12-27-36(30,31)22-7-5-21(6-8-22)35-19-25(29)26-11-3-13-28-14-16-34-17-15-28/h4-9,18,27H,3,10-17,19H2,1-2H3,(H,26,29). The molecular weight excluding hydrogens is 486 g/mol. The van der Waals surface area contributed by atoms with Gasteiger partial charge in [0.1, 0.15) is 5.75 Å². The van der Waals surface area contributed by atoms with Gasteiger partial charge in [-0.2, -0.15) is 0 Å².